The Morgan fingerprint density at radius 2 is 1.55 bits per heavy atom. The Morgan fingerprint density at radius 3 is 1.95 bits per heavy atom. The third kappa shape index (κ3) is 3.48. The number of piperidine rings is 1. The summed E-state index contributed by atoms with van der Waals surface area (Å²) in [5.41, 5.74) is 0.0563. The third-order valence-corrected chi connectivity index (χ3v) is 4.29. The van der Waals surface area contributed by atoms with Crippen molar-refractivity contribution >= 4 is 17.7 Å². The van der Waals surface area contributed by atoms with Crippen LogP contribution in [0.15, 0.2) is 0 Å². The quantitative estimate of drug-likeness (QED) is 0.569. The minimum absolute atomic E-state index is 0.0563. The largest absolute Gasteiger partial charge is 0.422 e. The highest BCUT2D eigenvalue weighted by molar-refractivity contribution is 6.16. The first-order valence-corrected chi connectivity index (χ1v) is 7.76. The lowest BCUT2D eigenvalue weighted by atomic mass is 9.84. The number of ether oxygens (including phenoxy) is 2. The normalized spacial score (nSPS) is 24.8. The fourth-order valence-corrected chi connectivity index (χ4v) is 3.02. The highest BCUT2D eigenvalue weighted by atomic mass is 16.7. The standard InChI is InChI=1S/C16H25NO5/c1-15(2,3)17-8-6-10(7-9-17)12(18)11-13(19)21-16(4,5)22-14(11)20/h10-11H,6-9H2,1-5H3. The lowest BCUT2D eigenvalue weighted by Crippen LogP contribution is -2.52. The van der Waals surface area contributed by atoms with Crippen LogP contribution in [0.25, 0.3) is 0 Å². The molecule has 0 spiro atoms. The Hall–Kier alpha value is -1.43. The number of hydrogen-bond acceptors (Lipinski definition) is 6. The molecule has 0 aromatic heterocycles. The van der Waals surface area contributed by atoms with E-state index in [1.807, 2.05) is 0 Å². The van der Waals surface area contributed by atoms with Gasteiger partial charge < -0.3 is 9.47 Å². The Morgan fingerprint density at radius 1 is 1.09 bits per heavy atom. The average molecular weight is 311 g/mol. The summed E-state index contributed by atoms with van der Waals surface area (Å²) < 4.78 is 10.1. The first-order valence-electron chi connectivity index (χ1n) is 7.76. The molecule has 0 unspecified atom stereocenters. The molecule has 0 aromatic rings. The van der Waals surface area contributed by atoms with Crippen molar-refractivity contribution in [3.05, 3.63) is 0 Å². The number of nitrogens with zero attached hydrogens (tertiary/aromatic N) is 1. The number of carbonyl (C=O) groups is 3. The Balaban J connectivity index is 2.01. The summed E-state index contributed by atoms with van der Waals surface area (Å²) >= 11 is 0. The van der Waals surface area contributed by atoms with Crippen LogP contribution >= 0.6 is 0 Å². The van der Waals surface area contributed by atoms with E-state index in [-0.39, 0.29) is 17.2 Å². The van der Waals surface area contributed by atoms with Gasteiger partial charge in [-0.3, -0.25) is 19.3 Å². The molecule has 124 valence electrons. The fourth-order valence-electron chi connectivity index (χ4n) is 3.02. The number of Topliss-reactive ketones (excluding diaryl/α,β-unsaturated/α-hetero) is 1. The van der Waals surface area contributed by atoms with Gasteiger partial charge in [0.2, 0.25) is 5.92 Å². The molecule has 2 aliphatic heterocycles. The molecule has 2 fully saturated rings. The van der Waals surface area contributed by atoms with Gasteiger partial charge in [0.15, 0.2) is 5.78 Å². The summed E-state index contributed by atoms with van der Waals surface area (Å²) in [6, 6.07) is 0. The van der Waals surface area contributed by atoms with Gasteiger partial charge in [-0.2, -0.15) is 0 Å². The zero-order valence-corrected chi connectivity index (χ0v) is 14.0. The van der Waals surface area contributed by atoms with Gasteiger partial charge in [0.25, 0.3) is 5.79 Å². The summed E-state index contributed by atoms with van der Waals surface area (Å²) in [6.45, 7) is 10.9. The molecule has 2 aliphatic rings. The SMILES string of the molecule is CC1(C)OC(=O)C(C(=O)C2CCN(C(C)(C)C)CC2)C(=O)O1. The summed E-state index contributed by atoms with van der Waals surface area (Å²) in [5, 5.41) is 0. The molecular weight excluding hydrogens is 286 g/mol. The lowest BCUT2D eigenvalue weighted by Gasteiger charge is -2.41. The first kappa shape index (κ1) is 16.9. The fraction of sp³-hybridized carbons (Fsp3) is 0.812. The highest BCUT2D eigenvalue weighted by Crippen LogP contribution is 2.30. The summed E-state index contributed by atoms with van der Waals surface area (Å²) in [7, 11) is 0. The van der Waals surface area contributed by atoms with Crippen LogP contribution in [0.1, 0.15) is 47.5 Å². The molecule has 6 heteroatoms. The van der Waals surface area contributed by atoms with E-state index in [9.17, 15) is 14.4 Å². The van der Waals surface area contributed by atoms with E-state index in [0.717, 1.165) is 13.1 Å². The Labute approximate surface area is 131 Å². The van der Waals surface area contributed by atoms with Crippen molar-refractivity contribution in [1.82, 2.24) is 4.90 Å². The van der Waals surface area contributed by atoms with Crippen molar-refractivity contribution in [1.29, 1.82) is 0 Å². The van der Waals surface area contributed by atoms with Crippen LogP contribution in [0.2, 0.25) is 0 Å². The molecule has 2 rings (SSSR count). The number of ketones is 1. The molecule has 0 aromatic carbocycles. The Kier molecular flexibility index (Phi) is 4.35. The van der Waals surface area contributed by atoms with E-state index in [0.29, 0.717) is 12.8 Å². The van der Waals surface area contributed by atoms with Crippen LogP contribution in [-0.4, -0.2) is 47.0 Å². The molecule has 0 atom stereocenters. The van der Waals surface area contributed by atoms with Gasteiger partial charge in [0, 0.05) is 25.3 Å². The van der Waals surface area contributed by atoms with E-state index < -0.39 is 23.6 Å². The molecule has 0 amide bonds. The predicted octanol–water partition coefficient (Wildman–Crippen LogP) is 1.52. The maximum Gasteiger partial charge on any atom is 0.331 e. The smallest absolute Gasteiger partial charge is 0.331 e. The van der Waals surface area contributed by atoms with Crippen molar-refractivity contribution in [3.63, 3.8) is 0 Å². The van der Waals surface area contributed by atoms with Crippen LogP contribution in [0.5, 0.6) is 0 Å². The summed E-state index contributed by atoms with van der Waals surface area (Å²) in [5.74, 6) is -4.93. The maximum atomic E-state index is 12.5. The molecule has 0 radical (unpaired) electrons. The molecule has 0 bridgehead atoms. The van der Waals surface area contributed by atoms with Gasteiger partial charge in [-0.25, -0.2) is 0 Å². The minimum Gasteiger partial charge on any atom is -0.422 e. The van der Waals surface area contributed by atoms with Crippen molar-refractivity contribution in [2.45, 2.75) is 58.8 Å². The minimum atomic E-state index is -1.42. The second-order valence-electron chi connectivity index (χ2n) is 7.51. The van der Waals surface area contributed by atoms with Gasteiger partial charge in [0.1, 0.15) is 0 Å². The molecular formula is C16H25NO5. The van der Waals surface area contributed by atoms with Crippen molar-refractivity contribution in [2.24, 2.45) is 11.8 Å². The van der Waals surface area contributed by atoms with Crippen molar-refractivity contribution < 1.29 is 23.9 Å². The number of esters is 2. The van der Waals surface area contributed by atoms with Gasteiger partial charge >= 0.3 is 11.9 Å². The molecule has 0 aliphatic carbocycles. The van der Waals surface area contributed by atoms with Gasteiger partial charge in [0.05, 0.1) is 0 Å². The number of hydrogen-bond donors (Lipinski definition) is 0. The van der Waals surface area contributed by atoms with Gasteiger partial charge in [-0.05, 0) is 46.7 Å². The third-order valence-electron chi connectivity index (χ3n) is 4.29. The molecule has 0 N–H and O–H groups in total. The van der Waals surface area contributed by atoms with E-state index >= 15 is 0 Å². The Bertz CT molecular complexity index is 463. The second kappa shape index (κ2) is 5.65. The number of likely N-dealkylation sites (tertiary alicyclic amines) is 1. The van der Waals surface area contributed by atoms with E-state index in [1.165, 1.54) is 13.8 Å². The van der Waals surface area contributed by atoms with Crippen molar-refractivity contribution in [3.8, 4) is 0 Å². The van der Waals surface area contributed by atoms with E-state index in [1.54, 1.807) is 0 Å². The monoisotopic (exact) mass is 311 g/mol. The molecule has 2 heterocycles. The average Bonchev–Trinajstić information content (AvgIpc) is 2.35. The zero-order chi connectivity index (χ0) is 16.7. The number of carbonyl (C=O) groups excluding carboxylic acids is 3. The van der Waals surface area contributed by atoms with E-state index in [4.69, 9.17) is 9.47 Å². The molecule has 22 heavy (non-hydrogen) atoms. The molecule has 2 saturated heterocycles. The number of cyclic esters (lactones) is 2. The van der Waals surface area contributed by atoms with Crippen LogP contribution < -0.4 is 0 Å². The van der Waals surface area contributed by atoms with Crippen LogP contribution in [0, 0.1) is 11.8 Å². The van der Waals surface area contributed by atoms with Crippen LogP contribution in [0.3, 0.4) is 0 Å². The van der Waals surface area contributed by atoms with Crippen LogP contribution in [-0.2, 0) is 23.9 Å². The number of rotatable bonds is 2. The first-order chi connectivity index (χ1) is 10.0. The van der Waals surface area contributed by atoms with Crippen LogP contribution in [0.4, 0.5) is 0 Å². The predicted molar refractivity (Wildman–Crippen MR) is 78.8 cm³/mol. The summed E-state index contributed by atoms with van der Waals surface area (Å²) in [6.07, 6.45) is 1.30. The zero-order valence-electron chi connectivity index (χ0n) is 14.0. The van der Waals surface area contributed by atoms with E-state index in [2.05, 4.69) is 25.7 Å². The lowest BCUT2D eigenvalue weighted by molar-refractivity contribution is -0.238. The van der Waals surface area contributed by atoms with Gasteiger partial charge in [-0.1, -0.05) is 0 Å². The second-order valence-corrected chi connectivity index (χ2v) is 7.51. The highest BCUT2D eigenvalue weighted by Gasteiger charge is 2.49. The topological polar surface area (TPSA) is 72.9 Å². The summed E-state index contributed by atoms with van der Waals surface area (Å²) in [4.78, 5) is 38.8. The van der Waals surface area contributed by atoms with Crippen molar-refractivity contribution in [2.75, 3.05) is 13.1 Å². The molecule has 0 saturated carbocycles. The maximum absolute atomic E-state index is 12.5. The molecule has 6 nitrogen and oxygen atoms in total. The van der Waals surface area contributed by atoms with Gasteiger partial charge in [-0.15, -0.1) is 0 Å².